The molecule has 0 bridgehead atoms. The van der Waals surface area contributed by atoms with Crippen LogP contribution >= 0.6 is 0 Å². The highest BCUT2D eigenvalue weighted by Crippen LogP contribution is 2.39. The van der Waals surface area contributed by atoms with E-state index in [2.05, 4.69) is 101 Å². The summed E-state index contributed by atoms with van der Waals surface area (Å²) in [7, 11) is 0. The highest BCUT2D eigenvalue weighted by atomic mass is 16.3. The van der Waals surface area contributed by atoms with Gasteiger partial charge in [0.05, 0.1) is 16.6 Å². The number of hydrogen-bond donors (Lipinski definition) is 1. The van der Waals surface area contributed by atoms with Crippen LogP contribution in [0.25, 0.3) is 61.3 Å². The second-order valence-corrected chi connectivity index (χ2v) is 14.1. The molecule has 0 aliphatic carbocycles. The van der Waals surface area contributed by atoms with Gasteiger partial charge in [-0.05, 0) is 70.5 Å². The van der Waals surface area contributed by atoms with Gasteiger partial charge >= 0.3 is 0 Å². The summed E-state index contributed by atoms with van der Waals surface area (Å²) in [6.45, 7) is 13.4. The number of aromatic nitrogens is 4. The van der Waals surface area contributed by atoms with E-state index in [9.17, 15) is 5.11 Å². The maximum absolute atomic E-state index is 10.8. The van der Waals surface area contributed by atoms with Gasteiger partial charge in [0.2, 0.25) is 0 Å². The second kappa shape index (κ2) is 11.0. The first-order valence-corrected chi connectivity index (χ1v) is 15.7. The molecule has 0 aliphatic rings. The predicted molar refractivity (Wildman–Crippen MR) is 190 cm³/mol. The van der Waals surface area contributed by atoms with Gasteiger partial charge in [-0.3, -0.25) is 14.5 Å². The van der Waals surface area contributed by atoms with Crippen molar-refractivity contribution >= 4 is 21.9 Å². The first-order valence-electron chi connectivity index (χ1n) is 15.7. The van der Waals surface area contributed by atoms with Crippen LogP contribution in [-0.4, -0.2) is 24.6 Å². The van der Waals surface area contributed by atoms with Crippen LogP contribution in [0.2, 0.25) is 0 Å². The lowest BCUT2D eigenvalue weighted by Gasteiger charge is -2.21. The molecule has 228 valence electrons. The van der Waals surface area contributed by atoms with Crippen molar-refractivity contribution in [3.8, 4) is 45.1 Å². The van der Waals surface area contributed by atoms with Crippen molar-refractivity contribution in [2.75, 3.05) is 0 Å². The van der Waals surface area contributed by atoms with Crippen LogP contribution in [0.15, 0.2) is 116 Å². The van der Waals surface area contributed by atoms with Crippen LogP contribution in [0, 0.1) is 0 Å². The highest BCUT2D eigenvalue weighted by Gasteiger charge is 2.22. The molecule has 5 heteroatoms. The van der Waals surface area contributed by atoms with Gasteiger partial charge < -0.3 is 5.11 Å². The van der Waals surface area contributed by atoms with Crippen LogP contribution < -0.4 is 0 Å². The normalized spacial score (nSPS) is 12.2. The molecule has 0 amide bonds. The van der Waals surface area contributed by atoms with E-state index in [-0.39, 0.29) is 16.6 Å². The summed E-state index contributed by atoms with van der Waals surface area (Å²) < 4.78 is 2.20. The molecule has 0 aliphatic heterocycles. The molecule has 0 spiro atoms. The van der Waals surface area contributed by atoms with E-state index in [4.69, 9.17) is 15.0 Å². The molecule has 3 aromatic heterocycles. The molecule has 46 heavy (non-hydrogen) atoms. The summed E-state index contributed by atoms with van der Waals surface area (Å²) in [5.74, 6) is 1.00. The number of hydrogen-bond acceptors (Lipinski definition) is 4. The molecule has 0 fully saturated rings. The zero-order chi connectivity index (χ0) is 32.2. The van der Waals surface area contributed by atoms with Crippen LogP contribution in [0.1, 0.15) is 52.7 Å². The molecule has 3 heterocycles. The molecule has 0 unspecified atom stereocenters. The number of rotatable bonds is 4. The molecule has 0 radical (unpaired) electrons. The third-order valence-electron chi connectivity index (χ3n) is 8.75. The molecule has 7 aromatic rings. The third-order valence-corrected chi connectivity index (χ3v) is 8.75. The van der Waals surface area contributed by atoms with E-state index in [0.717, 1.165) is 61.3 Å². The first-order chi connectivity index (χ1) is 22.0. The minimum absolute atomic E-state index is 0.0313. The van der Waals surface area contributed by atoms with E-state index < -0.39 is 0 Å². The molecule has 1 N–H and O–H groups in total. The van der Waals surface area contributed by atoms with Crippen molar-refractivity contribution in [3.63, 3.8) is 0 Å². The predicted octanol–water partition coefficient (Wildman–Crippen LogP) is 10.3. The average Bonchev–Trinajstić information content (AvgIpc) is 3.44. The van der Waals surface area contributed by atoms with Gasteiger partial charge in [-0.25, -0.2) is 4.98 Å². The number of imidazole rings is 1. The quantitative estimate of drug-likeness (QED) is 0.218. The Kier molecular flexibility index (Phi) is 7.01. The Morgan fingerprint density at radius 1 is 0.609 bits per heavy atom. The van der Waals surface area contributed by atoms with Crippen molar-refractivity contribution in [1.29, 1.82) is 0 Å². The molecule has 0 atom stereocenters. The number of para-hydroxylation sites is 2. The fourth-order valence-electron chi connectivity index (χ4n) is 6.14. The van der Waals surface area contributed by atoms with Gasteiger partial charge in [0, 0.05) is 57.5 Å². The fraction of sp³-hybridized carbons (Fsp3) is 0.195. The van der Waals surface area contributed by atoms with Gasteiger partial charge in [0.15, 0.2) is 0 Å². The van der Waals surface area contributed by atoms with Crippen molar-refractivity contribution in [3.05, 3.63) is 127 Å². The maximum Gasteiger partial charge on any atom is 0.147 e. The van der Waals surface area contributed by atoms with Crippen molar-refractivity contribution in [1.82, 2.24) is 19.5 Å². The fourth-order valence-corrected chi connectivity index (χ4v) is 6.14. The summed E-state index contributed by atoms with van der Waals surface area (Å²) in [4.78, 5) is 14.9. The summed E-state index contributed by atoms with van der Waals surface area (Å²) in [6, 6.07) is 33.1. The number of pyridine rings is 2. The number of fused-ring (bicyclic) bond motifs is 2. The number of phenolic OH excluding ortho intramolecular Hbond substituents is 1. The molecule has 0 saturated carbocycles. The molecule has 0 saturated heterocycles. The SMILES string of the molecule is CC(C)(C)c1ccc(-n2c(-c3cncc(-c4cc(C(C)(C)C)cc5cccnc45)c3)nc3c(-c4ccccc4O)cccc32)cc1. The molecule has 7 rings (SSSR count). The second-order valence-electron chi connectivity index (χ2n) is 14.1. The molecular weight excluding hydrogens is 564 g/mol. The number of aromatic hydroxyl groups is 1. The monoisotopic (exact) mass is 602 g/mol. The standard InChI is InChI=1S/C41H38N4O/c1-40(2,3)29-16-18-31(19-17-29)45-35-14-9-13-33(32-12-7-8-15-36(32)46)38(35)44-39(45)28-21-27(24-42-25-28)34-23-30(41(4,5)6)22-26-11-10-20-43-37(26)34/h7-25,46H,1-6H3. The first kappa shape index (κ1) is 29.4. The summed E-state index contributed by atoms with van der Waals surface area (Å²) in [5.41, 5.74) is 10.8. The Bertz CT molecular complexity index is 2230. The minimum atomic E-state index is -0.0313. The average molecular weight is 603 g/mol. The zero-order valence-electron chi connectivity index (χ0n) is 27.2. The van der Waals surface area contributed by atoms with E-state index in [1.165, 1.54) is 11.1 Å². The lowest BCUT2D eigenvalue weighted by Crippen LogP contribution is -2.11. The van der Waals surface area contributed by atoms with Gasteiger partial charge in [-0.2, -0.15) is 0 Å². The van der Waals surface area contributed by atoms with E-state index in [1.807, 2.05) is 55.0 Å². The summed E-state index contributed by atoms with van der Waals surface area (Å²) in [5, 5.41) is 11.9. The lowest BCUT2D eigenvalue weighted by atomic mass is 9.84. The van der Waals surface area contributed by atoms with E-state index in [0.29, 0.717) is 0 Å². The van der Waals surface area contributed by atoms with Crippen molar-refractivity contribution < 1.29 is 5.11 Å². The van der Waals surface area contributed by atoms with E-state index >= 15 is 0 Å². The van der Waals surface area contributed by atoms with Crippen molar-refractivity contribution in [2.24, 2.45) is 0 Å². The van der Waals surface area contributed by atoms with E-state index in [1.54, 1.807) is 6.07 Å². The van der Waals surface area contributed by atoms with Gasteiger partial charge in [-0.15, -0.1) is 0 Å². The maximum atomic E-state index is 10.8. The Balaban J connectivity index is 1.48. The summed E-state index contributed by atoms with van der Waals surface area (Å²) in [6.07, 6.45) is 5.65. The van der Waals surface area contributed by atoms with Gasteiger partial charge in [-0.1, -0.05) is 90.1 Å². The third kappa shape index (κ3) is 5.22. The van der Waals surface area contributed by atoms with Gasteiger partial charge in [0.25, 0.3) is 0 Å². The van der Waals surface area contributed by atoms with Crippen molar-refractivity contribution in [2.45, 2.75) is 52.4 Å². The molecule has 4 aromatic carbocycles. The summed E-state index contributed by atoms with van der Waals surface area (Å²) >= 11 is 0. The van der Waals surface area contributed by atoms with Gasteiger partial charge in [0.1, 0.15) is 11.6 Å². The minimum Gasteiger partial charge on any atom is -0.507 e. The smallest absolute Gasteiger partial charge is 0.147 e. The zero-order valence-corrected chi connectivity index (χ0v) is 27.2. The Morgan fingerprint density at radius 2 is 1.33 bits per heavy atom. The molecule has 5 nitrogen and oxygen atoms in total. The number of phenols is 1. The largest absolute Gasteiger partial charge is 0.507 e. The highest BCUT2D eigenvalue weighted by molar-refractivity contribution is 5.98. The Labute approximate surface area is 270 Å². The van der Waals surface area contributed by atoms with Crippen LogP contribution in [-0.2, 0) is 10.8 Å². The molecular formula is C41H38N4O. The lowest BCUT2D eigenvalue weighted by molar-refractivity contribution is 0.477. The van der Waals surface area contributed by atoms with Crippen LogP contribution in [0.3, 0.4) is 0 Å². The van der Waals surface area contributed by atoms with Crippen LogP contribution in [0.5, 0.6) is 5.75 Å². The van der Waals surface area contributed by atoms with Crippen LogP contribution in [0.4, 0.5) is 0 Å². The topological polar surface area (TPSA) is 63.8 Å². The number of benzene rings is 4. The number of nitrogens with zero attached hydrogens (tertiary/aromatic N) is 4. The Morgan fingerprint density at radius 3 is 2.07 bits per heavy atom. The Hall–Kier alpha value is -5.29.